The number of piperidine rings is 1. The summed E-state index contributed by atoms with van der Waals surface area (Å²) in [5.41, 5.74) is 0. The van der Waals surface area contributed by atoms with Crippen molar-refractivity contribution in [2.45, 2.75) is 39.8 Å². The van der Waals surface area contributed by atoms with E-state index in [-0.39, 0.29) is 0 Å². The van der Waals surface area contributed by atoms with Crippen molar-refractivity contribution in [3.63, 3.8) is 0 Å². The van der Waals surface area contributed by atoms with Crippen molar-refractivity contribution in [2.24, 2.45) is 5.92 Å². The van der Waals surface area contributed by atoms with Crippen LogP contribution < -0.4 is 10.2 Å². The molecule has 1 aliphatic rings. The molecule has 2 unspecified atom stereocenters. The zero-order valence-electron chi connectivity index (χ0n) is 13.2. The van der Waals surface area contributed by atoms with Crippen LogP contribution in [0.3, 0.4) is 0 Å². The van der Waals surface area contributed by atoms with Crippen LogP contribution in [0.25, 0.3) is 0 Å². The Morgan fingerprint density at radius 2 is 2.20 bits per heavy atom. The van der Waals surface area contributed by atoms with E-state index in [9.17, 15) is 0 Å². The first-order valence-electron chi connectivity index (χ1n) is 7.75. The molecule has 1 N–H and O–H groups in total. The molecule has 114 valence electrons. The molecule has 1 fully saturated rings. The second-order valence-corrected chi connectivity index (χ2v) is 6.89. The molecular weight excluding hydrogens is 268 g/mol. The maximum absolute atomic E-state index is 4.55. The molecule has 0 saturated carbocycles. The van der Waals surface area contributed by atoms with Crippen LogP contribution in [-0.4, -0.2) is 49.2 Å². The van der Waals surface area contributed by atoms with Crippen LogP contribution in [0.1, 0.15) is 32.1 Å². The van der Waals surface area contributed by atoms with Gasteiger partial charge in [0.2, 0.25) is 0 Å². The number of likely N-dealkylation sites (tertiary alicyclic amines) is 1. The average molecular weight is 296 g/mol. The summed E-state index contributed by atoms with van der Waals surface area (Å²) in [6.07, 6.45) is 3.28. The molecule has 1 aliphatic heterocycles. The molecule has 1 aromatic rings. The lowest BCUT2D eigenvalue weighted by atomic mass is 9.94. The molecule has 0 aromatic carbocycles. The van der Waals surface area contributed by atoms with Gasteiger partial charge in [0.05, 0.1) is 0 Å². The smallest absolute Gasteiger partial charge is 0.185 e. The van der Waals surface area contributed by atoms with E-state index in [1.165, 1.54) is 24.4 Å². The normalized spacial score (nSPS) is 24.0. The lowest BCUT2D eigenvalue weighted by molar-refractivity contribution is 0.174. The third-order valence-corrected chi connectivity index (χ3v) is 5.28. The largest absolute Gasteiger partial charge is 0.349 e. The van der Waals surface area contributed by atoms with Crippen molar-refractivity contribution in [1.29, 1.82) is 0 Å². The van der Waals surface area contributed by atoms with Crippen LogP contribution >= 0.6 is 11.3 Å². The van der Waals surface area contributed by atoms with Crippen molar-refractivity contribution in [3.05, 3.63) is 11.1 Å². The third kappa shape index (κ3) is 3.93. The summed E-state index contributed by atoms with van der Waals surface area (Å²) in [7, 11) is 2.21. The van der Waals surface area contributed by atoms with E-state index in [0.29, 0.717) is 6.04 Å². The Labute approximate surface area is 127 Å². The third-order valence-electron chi connectivity index (χ3n) is 4.22. The quantitative estimate of drug-likeness (QED) is 0.873. The van der Waals surface area contributed by atoms with Gasteiger partial charge < -0.3 is 15.1 Å². The summed E-state index contributed by atoms with van der Waals surface area (Å²) in [4.78, 5) is 10.6. The van der Waals surface area contributed by atoms with Gasteiger partial charge in [0.25, 0.3) is 0 Å². The Morgan fingerprint density at radius 3 is 2.85 bits per heavy atom. The van der Waals surface area contributed by atoms with Gasteiger partial charge in [0.1, 0.15) is 0 Å². The van der Waals surface area contributed by atoms with Crippen molar-refractivity contribution in [3.8, 4) is 0 Å². The van der Waals surface area contributed by atoms with Gasteiger partial charge in [0.15, 0.2) is 5.13 Å². The van der Waals surface area contributed by atoms with Crippen molar-refractivity contribution in [2.75, 3.05) is 38.1 Å². The average Bonchev–Trinajstić information content (AvgIpc) is 2.88. The molecule has 0 spiro atoms. The summed E-state index contributed by atoms with van der Waals surface area (Å²) >= 11 is 1.82. The minimum absolute atomic E-state index is 0.644. The Morgan fingerprint density at radius 1 is 1.45 bits per heavy atom. The predicted molar refractivity (Wildman–Crippen MR) is 87.6 cm³/mol. The fourth-order valence-corrected chi connectivity index (χ4v) is 3.90. The standard InChI is InChI=1S/C15H28N4S/c1-5-19(6-2)15-17-10-13(20-15)9-16-14-7-8-18(4)11-12(14)3/h10,12,14,16H,5-9,11H2,1-4H3. The van der Waals surface area contributed by atoms with Crippen LogP contribution in [0.4, 0.5) is 5.13 Å². The topological polar surface area (TPSA) is 31.4 Å². The number of anilines is 1. The molecule has 5 heteroatoms. The maximum Gasteiger partial charge on any atom is 0.185 e. The molecule has 0 amide bonds. The zero-order valence-corrected chi connectivity index (χ0v) is 14.0. The first-order chi connectivity index (χ1) is 9.63. The molecule has 4 nitrogen and oxygen atoms in total. The summed E-state index contributed by atoms with van der Waals surface area (Å²) in [5, 5.41) is 4.88. The van der Waals surface area contributed by atoms with Gasteiger partial charge >= 0.3 is 0 Å². The lowest BCUT2D eigenvalue weighted by Crippen LogP contribution is -2.46. The summed E-state index contributed by atoms with van der Waals surface area (Å²) in [5.74, 6) is 0.726. The number of rotatable bonds is 6. The summed E-state index contributed by atoms with van der Waals surface area (Å²) < 4.78 is 0. The van der Waals surface area contributed by atoms with Gasteiger partial charge in [0, 0.05) is 43.3 Å². The molecule has 0 radical (unpaired) electrons. The van der Waals surface area contributed by atoms with E-state index in [1.54, 1.807) is 0 Å². The second kappa shape index (κ2) is 7.38. The van der Waals surface area contributed by atoms with E-state index in [2.05, 4.69) is 47.9 Å². The first-order valence-corrected chi connectivity index (χ1v) is 8.57. The van der Waals surface area contributed by atoms with Gasteiger partial charge in [-0.05, 0) is 39.8 Å². The number of nitrogens with one attached hydrogen (secondary N) is 1. The van der Waals surface area contributed by atoms with E-state index in [4.69, 9.17) is 0 Å². The molecule has 2 heterocycles. The molecule has 2 rings (SSSR count). The maximum atomic E-state index is 4.55. The van der Waals surface area contributed by atoms with E-state index >= 15 is 0 Å². The van der Waals surface area contributed by atoms with Crippen molar-refractivity contribution in [1.82, 2.24) is 15.2 Å². The highest BCUT2D eigenvalue weighted by Crippen LogP contribution is 2.23. The van der Waals surface area contributed by atoms with Gasteiger partial charge in [-0.25, -0.2) is 4.98 Å². The zero-order chi connectivity index (χ0) is 14.5. The van der Waals surface area contributed by atoms with Crippen LogP contribution in [0.15, 0.2) is 6.20 Å². The second-order valence-electron chi connectivity index (χ2n) is 5.80. The van der Waals surface area contributed by atoms with Crippen LogP contribution in [0, 0.1) is 5.92 Å². The Hall–Kier alpha value is -0.650. The van der Waals surface area contributed by atoms with Gasteiger partial charge in [-0.1, -0.05) is 6.92 Å². The molecule has 0 bridgehead atoms. The van der Waals surface area contributed by atoms with Gasteiger partial charge in [-0.15, -0.1) is 11.3 Å². The fraction of sp³-hybridized carbons (Fsp3) is 0.800. The van der Waals surface area contributed by atoms with Crippen molar-refractivity contribution < 1.29 is 0 Å². The van der Waals surface area contributed by atoms with Crippen LogP contribution in [0.5, 0.6) is 0 Å². The highest BCUT2D eigenvalue weighted by molar-refractivity contribution is 7.15. The molecule has 1 saturated heterocycles. The number of hydrogen-bond acceptors (Lipinski definition) is 5. The fourth-order valence-electron chi connectivity index (χ4n) is 2.91. The number of thiazole rings is 1. The van der Waals surface area contributed by atoms with E-state index in [1.807, 2.05) is 17.5 Å². The molecular formula is C15H28N4S. The molecule has 20 heavy (non-hydrogen) atoms. The summed E-state index contributed by atoms with van der Waals surface area (Å²) in [6, 6.07) is 0.644. The lowest BCUT2D eigenvalue weighted by Gasteiger charge is -2.35. The number of aromatic nitrogens is 1. The SMILES string of the molecule is CCN(CC)c1ncc(CNC2CCN(C)CC2C)s1. The first kappa shape index (κ1) is 15.7. The Balaban J connectivity index is 1.85. The van der Waals surface area contributed by atoms with E-state index in [0.717, 1.165) is 30.7 Å². The number of hydrogen-bond donors (Lipinski definition) is 1. The van der Waals surface area contributed by atoms with Gasteiger partial charge in [-0.3, -0.25) is 0 Å². The van der Waals surface area contributed by atoms with Gasteiger partial charge in [-0.2, -0.15) is 0 Å². The Bertz CT molecular complexity index is 402. The highest BCUT2D eigenvalue weighted by Gasteiger charge is 2.23. The minimum Gasteiger partial charge on any atom is -0.349 e. The van der Waals surface area contributed by atoms with Crippen LogP contribution in [-0.2, 0) is 6.54 Å². The minimum atomic E-state index is 0.644. The molecule has 0 aliphatic carbocycles. The van der Waals surface area contributed by atoms with Crippen LogP contribution in [0.2, 0.25) is 0 Å². The molecule has 2 atom stereocenters. The molecule has 1 aromatic heterocycles. The summed E-state index contributed by atoms with van der Waals surface area (Å²) in [6.45, 7) is 12.1. The Kier molecular flexibility index (Phi) is 5.81. The van der Waals surface area contributed by atoms with E-state index < -0.39 is 0 Å². The predicted octanol–water partition coefficient (Wildman–Crippen LogP) is 2.42. The monoisotopic (exact) mass is 296 g/mol. The number of nitrogens with zero attached hydrogens (tertiary/aromatic N) is 3. The van der Waals surface area contributed by atoms with Crippen molar-refractivity contribution >= 4 is 16.5 Å². The highest BCUT2D eigenvalue weighted by atomic mass is 32.1.